The van der Waals surface area contributed by atoms with Gasteiger partial charge in [-0.25, -0.2) is 29.9 Å². The lowest BCUT2D eigenvalue weighted by Crippen LogP contribution is -2.17. The number of nitrogens with one attached hydrogen (secondary N) is 2. The van der Waals surface area contributed by atoms with Crippen molar-refractivity contribution in [3.05, 3.63) is 133 Å². The van der Waals surface area contributed by atoms with Crippen LogP contribution in [0.3, 0.4) is 0 Å². The zero-order valence-electron chi connectivity index (χ0n) is 45.1. The van der Waals surface area contributed by atoms with E-state index in [4.69, 9.17) is 155 Å². The third-order valence-electron chi connectivity index (χ3n) is 14.1. The first-order chi connectivity index (χ1) is 37.3. The van der Waals surface area contributed by atoms with E-state index >= 15 is 0 Å². The number of H-pyrrole nitrogens is 2. The number of benzene rings is 6. The number of rotatable bonds is 4. The van der Waals surface area contributed by atoms with Crippen LogP contribution in [0.15, 0.2) is 60.7 Å². The van der Waals surface area contributed by atoms with Gasteiger partial charge in [-0.2, -0.15) is 0 Å². The van der Waals surface area contributed by atoms with Gasteiger partial charge in [0, 0.05) is 21.9 Å². The van der Waals surface area contributed by atoms with E-state index in [2.05, 4.69) is 105 Å². The largest absolute Gasteiger partial charge is 0.454 e. The molecule has 2 aliphatic rings. The van der Waals surface area contributed by atoms with Crippen molar-refractivity contribution in [2.75, 3.05) is 0 Å². The standard InChI is InChI=1S/C60H48Cl10N8O2/c1-57(2,3)23-17-19-29(27(21-23)59(7,8)9)79-47-41(65)35-33(39(63)45(47)69)52-73-50-26-16-14-13-15-25(26)49(71-50)72-51-31-32(38(62)44(68)43(67)37(31)61)53(74-51)76-54-34-36(56(77-54)78-55(35)75-52)42(66)48(46(70)40(34)64)80-30-20-18-24(58(4,5)6)22-28(30)60(10,11)12/h13-22H,1-12H3,(H2,71,72,73,74,75,76,77,78). The van der Waals surface area contributed by atoms with Crippen LogP contribution in [0.5, 0.6) is 23.0 Å². The second-order valence-corrected chi connectivity index (χ2v) is 27.6. The third-order valence-corrected chi connectivity index (χ3v) is 18.3. The van der Waals surface area contributed by atoms with Gasteiger partial charge in [-0.1, -0.05) is 248 Å². The fraction of sp³-hybridized carbons (Fsp3) is 0.267. The van der Waals surface area contributed by atoms with Crippen molar-refractivity contribution >= 4 is 160 Å². The summed E-state index contributed by atoms with van der Waals surface area (Å²) in [5.41, 5.74) is 4.80. The average molecular weight is 1270 g/mol. The lowest BCUT2D eigenvalue weighted by Gasteiger charge is -2.27. The summed E-state index contributed by atoms with van der Waals surface area (Å²) in [6, 6.07) is 19.6. The zero-order chi connectivity index (χ0) is 57.8. The molecule has 0 aliphatic carbocycles. The molecule has 11 rings (SSSR count). The molecule has 0 saturated heterocycles. The highest BCUT2D eigenvalue weighted by Crippen LogP contribution is 2.56. The smallest absolute Gasteiger partial charge is 0.166 e. The number of hydrogen-bond donors (Lipinski definition) is 2. The van der Waals surface area contributed by atoms with E-state index in [9.17, 15) is 0 Å². The van der Waals surface area contributed by atoms with Crippen molar-refractivity contribution in [3.63, 3.8) is 0 Å². The summed E-state index contributed by atoms with van der Waals surface area (Å²) in [5.74, 6) is 1.37. The molecule has 410 valence electrons. The van der Waals surface area contributed by atoms with Crippen LogP contribution in [0.1, 0.15) is 105 Å². The Morgan fingerprint density at radius 2 is 0.675 bits per heavy atom. The minimum absolute atomic E-state index is 0.00166. The van der Waals surface area contributed by atoms with Crippen LogP contribution in [-0.2, 0) is 21.7 Å². The summed E-state index contributed by atoms with van der Waals surface area (Å²) >= 11 is 72.6. The van der Waals surface area contributed by atoms with Crippen molar-refractivity contribution in [3.8, 4) is 68.5 Å². The first-order valence-electron chi connectivity index (χ1n) is 25.2. The molecule has 10 nitrogen and oxygen atoms in total. The Morgan fingerprint density at radius 1 is 0.338 bits per heavy atom. The van der Waals surface area contributed by atoms with Gasteiger partial charge in [0.15, 0.2) is 34.8 Å². The molecule has 9 aromatic rings. The topological polar surface area (TPSA) is 127 Å². The highest BCUT2D eigenvalue weighted by atomic mass is 35.5. The van der Waals surface area contributed by atoms with Gasteiger partial charge in [0.25, 0.3) is 0 Å². The average Bonchev–Trinajstić information content (AvgIpc) is 4.17. The van der Waals surface area contributed by atoms with Crippen molar-refractivity contribution in [2.24, 2.45) is 0 Å². The number of aromatic amines is 2. The zero-order valence-corrected chi connectivity index (χ0v) is 52.6. The van der Waals surface area contributed by atoms with Gasteiger partial charge in [0.2, 0.25) is 0 Å². The SMILES string of the molecule is CC(C)(C)c1ccc(Oc2c(Cl)c(Cl)c3c(c2Cl)-c2nc-3nc3[nH]c(nc4nc(nc5[nH]c(n2)c2c(Cl)c(Oc6ccc(C(C)(C)C)cc6C(C)(C)C)c(Cl)c(Cl)c52)-c2c(Cl)c(Cl)c(Cl)c(Cl)c2-4)c2ccccc32)c(C(C)(C)C)c1. The third kappa shape index (κ3) is 9.51. The predicted octanol–water partition coefficient (Wildman–Crippen LogP) is 22.2. The molecule has 0 atom stereocenters. The van der Waals surface area contributed by atoms with Crippen molar-refractivity contribution < 1.29 is 9.47 Å². The first-order valence-corrected chi connectivity index (χ1v) is 29.0. The highest BCUT2D eigenvalue weighted by Gasteiger charge is 2.36. The second kappa shape index (κ2) is 19.9. The van der Waals surface area contributed by atoms with Gasteiger partial charge in [-0.05, 0) is 44.9 Å². The van der Waals surface area contributed by atoms with Crippen molar-refractivity contribution in [1.82, 2.24) is 39.9 Å². The highest BCUT2D eigenvalue weighted by molar-refractivity contribution is 6.55. The maximum absolute atomic E-state index is 7.66. The van der Waals surface area contributed by atoms with E-state index in [1.807, 2.05) is 48.5 Å². The quantitative estimate of drug-likeness (QED) is 0.132. The van der Waals surface area contributed by atoms with Crippen LogP contribution in [0.2, 0.25) is 50.2 Å². The Hall–Kier alpha value is -4.82. The molecule has 2 N–H and O–H groups in total. The molecule has 0 fully saturated rings. The number of hydrogen-bond acceptors (Lipinski definition) is 8. The Balaban J connectivity index is 1.28. The Bertz CT molecular complexity index is 4370. The van der Waals surface area contributed by atoms with Gasteiger partial charge in [-0.15, -0.1) is 0 Å². The van der Waals surface area contributed by atoms with Gasteiger partial charge < -0.3 is 19.4 Å². The molecule has 8 bridgehead atoms. The normalized spacial score (nSPS) is 12.9. The minimum atomic E-state index is -0.388. The van der Waals surface area contributed by atoms with Crippen LogP contribution in [0, 0.1) is 0 Å². The van der Waals surface area contributed by atoms with E-state index in [0.717, 1.165) is 22.3 Å². The molecule has 0 radical (unpaired) electrons. The van der Waals surface area contributed by atoms with Gasteiger partial charge >= 0.3 is 0 Å². The number of ether oxygens (including phenoxy) is 2. The van der Waals surface area contributed by atoms with E-state index in [0.29, 0.717) is 33.6 Å². The molecular weight excluding hydrogens is 1220 g/mol. The first kappa shape index (κ1) is 57.0. The van der Waals surface area contributed by atoms with Crippen molar-refractivity contribution in [1.29, 1.82) is 0 Å². The molecule has 0 spiro atoms. The Kier molecular flexibility index (Phi) is 14.2. The van der Waals surface area contributed by atoms with Gasteiger partial charge in [-0.3, -0.25) is 0 Å². The molecule has 5 heterocycles. The second-order valence-electron chi connectivity index (χ2n) is 23.8. The Morgan fingerprint density at radius 3 is 1.07 bits per heavy atom. The summed E-state index contributed by atoms with van der Waals surface area (Å²) in [6.07, 6.45) is 0. The number of nitrogens with zero attached hydrogens (tertiary/aromatic N) is 6. The molecule has 20 heteroatoms. The maximum Gasteiger partial charge on any atom is 0.166 e. The molecule has 0 saturated carbocycles. The number of aromatic nitrogens is 8. The van der Waals surface area contributed by atoms with E-state index < -0.39 is 0 Å². The minimum Gasteiger partial charge on any atom is -0.454 e. The molecular formula is C60H48Cl10N8O2. The number of fused-ring (bicyclic) bond motifs is 20. The van der Waals surface area contributed by atoms with Crippen molar-refractivity contribution in [2.45, 2.75) is 105 Å². The lowest BCUT2D eigenvalue weighted by atomic mass is 9.80. The molecule has 0 unspecified atom stereocenters. The fourth-order valence-electron chi connectivity index (χ4n) is 9.83. The molecule has 2 aliphatic heterocycles. The van der Waals surface area contributed by atoms with Crippen LogP contribution in [0.4, 0.5) is 0 Å². The van der Waals surface area contributed by atoms with E-state index in [1.54, 1.807) is 0 Å². The Labute approximate surface area is 511 Å². The van der Waals surface area contributed by atoms with Crippen LogP contribution in [-0.4, -0.2) is 39.9 Å². The number of halogens is 10. The molecule has 0 amide bonds. The maximum atomic E-state index is 7.66. The van der Waals surface area contributed by atoms with E-state index in [-0.39, 0.29) is 151 Å². The summed E-state index contributed by atoms with van der Waals surface area (Å²) in [6.45, 7) is 25.5. The molecule has 6 aromatic carbocycles. The fourth-order valence-corrected chi connectivity index (χ4v) is 12.6. The van der Waals surface area contributed by atoms with E-state index in [1.165, 1.54) is 0 Å². The van der Waals surface area contributed by atoms with Crippen LogP contribution >= 0.6 is 116 Å². The van der Waals surface area contributed by atoms with Crippen LogP contribution in [0.25, 0.3) is 89.7 Å². The predicted molar refractivity (Wildman–Crippen MR) is 334 cm³/mol. The van der Waals surface area contributed by atoms with Gasteiger partial charge in [0.05, 0.1) is 73.2 Å². The summed E-state index contributed by atoms with van der Waals surface area (Å²) in [7, 11) is 0. The summed E-state index contributed by atoms with van der Waals surface area (Å²) in [5, 5.41) is 1.87. The monoisotopic (exact) mass is 1260 g/mol. The molecule has 3 aromatic heterocycles. The summed E-state index contributed by atoms with van der Waals surface area (Å²) in [4.78, 5) is 37.3. The lowest BCUT2D eigenvalue weighted by molar-refractivity contribution is 0.453. The molecule has 80 heavy (non-hydrogen) atoms. The summed E-state index contributed by atoms with van der Waals surface area (Å²) < 4.78 is 13.7. The van der Waals surface area contributed by atoms with Gasteiger partial charge in [0.1, 0.15) is 44.1 Å². The van der Waals surface area contributed by atoms with Crippen LogP contribution < -0.4 is 9.47 Å².